The first kappa shape index (κ1) is 36.0. The van der Waals surface area contributed by atoms with Crippen molar-refractivity contribution in [3.8, 4) is 22.6 Å². The molecule has 1 unspecified atom stereocenters. The lowest BCUT2D eigenvalue weighted by molar-refractivity contribution is -0.124. The molecule has 0 bridgehead atoms. The van der Waals surface area contributed by atoms with Crippen LogP contribution in [-0.4, -0.2) is 77.4 Å². The molecule has 2 amide bonds. The van der Waals surface area contributed by atoms with Gasteiger partial charge in [-0.05, 0) is 99.5 Å². The van der Waals surface area contributed by atoms with Gasteiger partial charge in [0.05, 0.1) is 11.3 Å². The molecule has 4 aromatic rings. The molecule has 11 nitrogen and oxygen atoms in total. The Hall–Kier alpha value is -4.42. The van der Waals surface area contributed by atoms with Crippen LogP contribution >= 0.6 is 0 Å². The number of hydrogen-bond donors (Lipinski definition) is 1. The summed E-state index contributed by atoms with van der Waals surface area (Å²) in [5, 5.41) is 4.05. The molecule has 1 aromatic carbocycles. The van der Waals surface area contributed by atoms with Crippen molar-refractivity contribution in [2.45, 2.75) is 97.1 Å². The summed E-state index contributed by atoms with van der Waals surface area (Å²) >= 11 is 0. The Kier molecular flexibility index (Phi) is 10.1. The largest absolute Gasteiger partial charge is 0.457 e. The fourth-order valence-corrected chi connectivity index (χ4v) is 7.58. The Morgan fingerprint density at radius 2 is 1.79 bits per heavy atom. The molecular formula is C40H52N6O5Si. The van der Waals surface area contributed by atoms with Gasteiger partial charge in [-0.25, -0.2) is 14.8 Å². The van der Waals surface area contributed by atoms with Gasteiger partial charge in [-0.1, -0.05) is 25.7 Å². The van der Waals surface area contributed by atoms with Gasteiger partial charge in [0.2, 0.25) is 5.91 Å². The first-order valence-electron chi connectivity index (χ1n) is 18.6. The summed E-state index contributed by atoms with van der Waals surface area (Å²) < 4.78 is 20.6. The molecule has 0 spiro atoms. The lowest BCUT2D eigenvalue weighted by Gasteiger charge is -2.31. The lowest BCUT2D eigenvalue weighted by Crippen LogP contribution is -2.39. The van der Waals surface area contributed by atoms with Gasteiger partial charge in [0, 0.05) is 71.1 Å². The molecule has 1 saturated carbocycles. The zero-order valence-corrected chi connectivity index (χ0v) is 32.4. The molecule has 3 aromatic heterocycles. The van der Waals surface area contributed by atoms with Gasteiger partial charge in [0.15, 0.2) is 0 Å². The molecule has 2 fully saturated rings. The average Bonchev–Trinajstić information content (AvgIpc) is 3.61. The molecule has 3 aliphatic rings. The van der Waals surface area contributed by atoms with Crippen LogP contribution in [-0.2, 0) is 34.0 Å². The zero-order valence-electron chi connectivity index (χ0n) is 31.4. The van der Waals surface area contributed by atoms with Gasteiger partial charge < -0.3 is 33.9 Å². The quantitative estimate of drug-likeness (QED) is 0.124. The number of nitrogens with zero attached hydrogens (tertiary/aromatic N) is 5. The minimum absolute atomic E-state index is 0.0293. The van der Waals surface area contributed by atoms with Crippen molar-refractivity contribution in [3.05, 3.63) is 66.1 Å². The van der Waals surface area contributed by atoms with Crippen molar-refractivity contribution >= 4 is 36.9 Å². The number of benzene rings is 1. The van der Waals surface area contributed by atoms with E-state index in [-0.39, 0.29) is 17.9 Å². The second-order valence-electron chi connectivity index (χ2n) is 16.7. The van der Waals surface area contributed by atoms with Crippen molar-refractivity contribution in [1.82, 2.24) is 24.8 Å². The molecule has 1 saturated heterocycles. The van der Waals surface area contributed by atoms with E-state index in [1.807, 2.05) is 51.2 Å². The van der Waals surface area contributed by atoms with E-state index in [1.165, 1.54) is 5.56 Å². The maximum atomic E-state index is 12.9. The Balaban J connectivity index is 1.18. The van der Waals surface area contributed by atoms with Crippen LogP contribution in [0.5, 0.6) is 11.5 Å². The number of ether oxygens (including phenoxy) is 3. The van der Waals surface area contributed by atoms with E-state index in [4.69, 9.17) is 24.2 Å². The summed E-state index contributed by atoms with van der Waals surface area (Å²) in [4.78, 5) is 39.2. The van der Waals surface area contributed by atoms with Gasteiger partial charge in [0.1, 0.15) is 35.3 Å². The van der Waals surface area contributed by atoms with Gasteiger partial charge in [-0.3, -0.25) is 4.79 Å². The first-order valence-corrected chi connectivity index (χ1v) is 22.4. The van der Waals surface area contributed by atoms with E-state index in [2.05, 4.69) is 52.8 Å². The topological polar surface area (TPSA) is 111 Å². The lowest BCUT2D eigenvalue weighted by atomic mass is 10.00. The predicted molar refractivity (Wildman–Crippen MR) is 205 cm³/mol. The summed E-state index contributed by atoms with van der Waals surface area (Å²) in [6, 6.07) is 13.6. The molecule has 1 atom stereocenters. The zero-order chi connectivity index (χ0) is 36.6. The standard InChI is InChI=1S/C40H52N6O5Si/c1-40(2,3)51-39(48)45-18-13-27-7-10-32(21-30(27)24-45)50-34-12-16-42-37-36(34)33(25-46(37)26-49-19-20-52(4,5)6)28-11-15-41-35(22-28)44-17-14-29(23-44)38(47)43-31-8-9-31/h7,10-12,15-16,21-22,25,29,31H,8-9,13-14,17-20,23-24,26H2,1-6H3,(H,43,47). The average molecular weight is 725 g/mol. The summed E-state index contributed by atoms with van der Waals surface area (Å²) in [5.41, 5.74) is 4.41. The third kappa shape index (κ3) is 8.61. The van der Waals surface area contributed by atoms with Crippen LogP contribution in [0.15, 0.2) is 55.0 Å². The smallest absolute Gasteiger partial charge is 0.410 e. The molecule has 1 N–H and O–H groups in total. The molecule has 12 heteroatoms. The normalized spacial score (nSPS) is 17.7. The van der Waals surface area contributed by atoms with Crippen molar-refractivity contribution in [3.63, 3.8) is 0 Å². The van der Waals surface area contributed by atoms with Gasteiger partial charge in [-0.2, -0.15) is 0 Å². The number of rotatable bonds is 11. The molecule has 276 valence electrons. The number of anilines is 1. The summed E-state index contributed by atoms with van der Waals surface area (Å²) in [5.74, 6) is 2.34. The van der Waals surface area contributed by atoms with Crippen molar-refractivity contribution < 1.29 is 23.8 Å². The van der Waals surface area contributed by atoms with Crippen molar-refractivity contribution in [2.24, 2.45) is 5.92 Å². The Bertz CT molecular complexity index is 1940. The second-order valence-corrected chi connectivity index (χ2v) is 22.3. The van der Waals surface area contributed by atoms with Gasteiger partial charge in [-0.15, -0.1) is 0 Å². The third-order valence-corrected chi connectivity index (χ3v) is 11.6. The van der Waals surface area contributed by atoms with Crippen molar-refractivity contribution in [2.75, 3.05) is 31.1 Å². The highest BCUT2D eigenvalue weighted by atomic mass is 28.3. The Morgan fingerprint density at radius 3 is 2.56 bits per heavy atom. The molecular weight excluding hydrogens is 673 g/mol. The third-order valence-electron chi connectivity index (χ3n) is 9.88. The second kappa shape index (κ2) is 14.5. The van der Waals surface area contributed by atoms with Crippen LogP contribution in [0.4, 0.5) is 10.6 Å². The fourth-order valence-electron chi connectivity index (χ4n) is 6.82. The highest BCUT2D eigenvalue weighted by Gasteiger charge is 2.33. The highest BCUT2D eigenvalue weighted by Crippen LogP contribution is 2.40. The number of pyridine rings is 2. The number of carbonyl (C=O) groups is 2. The number of aromatic nitrogens is 3. The highest BCUT2D eigenvalue weighted by molar-refractivity contribution is 6.76. The van der Waals surface area contributed by atoms with E-state index in [0.717, 1.165) is 71.8 Å². The summed E-state index contributed by atoms with van der Waals surface area (Å²) in [6.45, 7) is 16.3. The monoisotopic (exact) mass is 724 g/mol. The van der Waals surface area contributed by atoms with Crippen LogP contribution in [0.2, 0.25) is 25.7 Å². The molecule has 7 rings (SSSR count). The van der Waals surface area contributed by atoms with Crippen LogP contribution in [0.3, 0.4) is 0 Å². The van der Waals surface area contributed by atoms with Crippen LogP contribution in [0, 0.1) is 5.92 Å². The minimum atomic E-state index is -1.25. The van der Waals surface area contributed by atoms with E-state index in [0.29, 0.717) is 50.5 Å². The minimum Gasteiger partial charge on any atom is -0.457 e. The van der Waals surface area contributed by atoms with Gasteiger partial charge >= 0.3 is 6.09 Å². The molecule has 2 aliphatic heterocycles. The maximum Gasteiger partial charge on any atom is 0.410 e. The van der Waals surface area contributed by atoms with Crippen LogP contribution < -0.4 is 15.0 Å². The van der Waals surface area contributed by atoms with Crippen LogP contribution in [0.1, 0.15) is 51.2 Å². The molecule has 52 heavy (non-hydrogen) atoms. The maximum absolute atomic E-state index is 12.9. The first-order chi connectivity index (χ1) is 24.8. The van der Waals surface area contributed by atoms with E-state index in [9.17, 15) is 9.59 Å². The van der Waals surface area contributed by atoms with Gasteiger partial charge in [0.25, 0.3) is 0 Å². The fraction of sp³-hybridized carbons (Fsp3) is 0.500. The Labute approximate surface area is 307 Å². The van der Waals surface area contributed by atoms with E-state index < -0.39 is 13.7 Å². The molecule has 0 radical (unpaired) electrons. The van der Waals surface area contributed by atoms with Crippen molar-refractivity contribution in [1.29, 1.82) is 0 Å². The predicted octanol–water partition coefficient (Wildman–Crippen LogP) is 7.60. The summed E-state index contributed by atoms with van der Waals surface area (Å²) in [7, 11) is -1.25. The number of nitrogens with one attached hydrogen (secondary N) is 1. The Morgan fingerprint density at radius 1 is 0.981 bits per heavy atom. The number of amides is 2. The number of hydrogen-bond acceptors (Lipinski definition) is 8. The molecule has 5 heterocycles. The SMILES string of the molecule is CC(C)(C)OC(=O)N1CCc2ccc(Oc3ccnc4c3c(-c3ccnc(N5CCC(C(=O)NC6CC6)C5)c3)cn4COCC[Si](C)(C)C)cc2C1. The van der Waals surface area contributed by atoms with E-state index >= 15 is 0 Å². The molecule has 1 aliphatic carbocycles. The number of carbonyl (C=O) groups excluding carboxylic acids is 2. The number of fused-ring (bicyclic) bond motifs is 2. The summed E-state index contributed by atoms with van der Waals surface area (Å²) in [6.07, 6.45) is 9.15. The van der Waals surface area contributed by atoms with Crippen LogP contribution in [0.25, 0.3) is 22.2 Å². The van der Waals surface area contributed by atoms with E-state index in [1.54, 1.807) is 11.1 Å².